The Morgan fingerprint density at radius 3 is 2.62 bits per heavy atom. The lowest BCUT2D eigenvalue weighted by molar-refractivity contribution is 1.08. The molecule has 1 N–H and O–H groups in total. The number of benzene rings is 1. The third-order valence-electron chi connectivity index (χ3n) is 2.02. The molecule has 0 saturated carbocycles. The van der Waals surface area contributed by atoms with E-state index in [1.165, 1.54) is 11.9 Å². The van der Waals surface area contributed by atoms with Crippen LogP contribution in [0.2, 0.25) is 5.15 Å². The highest BCUT2D eigenvalue weighted by molar-refractivity contribution is 9.10. The van der Waals surface area contributed by atoms with Gasteiger partial charge in [0.15, 0.2) is 0 Å². The zero-order valence-electron chi connectivity index (χ0n) is 8.32. The highest BCUT2D eigenvalue weighted by Crippen LogP contribution is 2.13. The van der Waals surface area contributed by atoms with Gasteiger partial charge in [0, 0.05) is 17.1 Å². The van der Waals surface area contributed by atoms with Gasteiger partial charge in [-0.05, 0) is 17.7 Å². The summed E-state index contributed by atoms with van der Waals surface area (Å²) in [7, 11) is 0. The normalized spacial score (nSPS) is 10.1. The first-order valence-corrected chi connectivity index (χ1v) is 5.87. The molecule has 1 heterocycles. The third-order valence-corrected chi connectivity index (χ3v) is 2.76. The molecular weight excluding hydrogens is 289 g/mol. The number of aromatic nitrogens is 2. The number of rotatable bonds is 3. The van der Waals surface area contributed by atoms with E-state index in [4.69, 9.17) is 11.6 Å². The number of hydrogen-bond donors (Lipinski definition) is 1. The lowest BCUT2D eigenvalue weighted by atomic mass is 10.2. The molecule has 5 heteroatoms. The molecule has 0 aliphatic heterocycles. The van der Waals surface area contributed by atoms with Crippen molar-refractivity contribution in [2.45, 2.75) is 6.54 Å². The Morgan fingerprint density at radius 1 is 1.19 bits per heavy atom. The zero-order chi connectivity index (χ0) is 11.4. The van der Waals surface area contributed by atoms with Crippen molar-refractivity contribution in [2.24, 2.45) is 0 Å². The Hall–Kier alpha value is -1.13. The summed E-state index contributed by atoms with van der Waals surface area (Å²) in [5, 5.41) is 3.61. The van der Waals surface area contributed by atoms with Crippen LogP contribution in [0.3, 0.4) is 0 Å². The largest absolute Gasteiger partial charge is 0.366 e. The topological polar surface area (TPSA) is 37.8 Å². The second-order valence-electron chi connectivity index (χ2n) is 3.21. The highest BCUT2D eigenvalue weighted by Gasteiger charge is 1.96. The Kier molecular flexibility index (Phi) is 3.74. The summed E-state index contributed by atoms with van der Waals surface area (Å²) >= 11 is 9.14. The van der Waals surface area contributed by atoms with Gasteiger partial charge in [0.05, 0.1) is 0 Å². The number of nitrogens with one attached hydrogen (secondary N) is 1. The minimum absolute atomic E-state index is 0.438. The summed E-state index contributed by atoms with van der Waals surface area (Å²) in [6, 6.07) is 9.79. The van der Waals surface area contributed by atoms with Gasteiger partial charge in [-0.1, -0.05) is 39.7 Å². The van der Waals surface area contributed by atoms with Gasteiger partial charge in [-0.2, -0.15) is 0 Å². The molecule has 16 heavy (non-hydrogen) atoms. The van der Waals surface area contributed by atoms with Crippen molar-refractivity contribution in [1.29, 1.82) is 0 Å². The molecule has 0 unspecified atom stereocenters. The molecule has 3 nitrogen and oxygen atoms in total. The van der Waals surface area contributed by atoms with E-state index in [1.54, 1.807) is 6.07 Å². The van der Waals surface area contributed by atoms with E-state index in [9.17, 15) is 0 Å². The summed E-state index contributed by atoms with van der Waals surface area (Å²) in [5.41, 5.74) is 1.18. The van der Waals surface area contributed by atoms with Crippen molar-refractivity contribution in [3.63, 3.8) is 0 Å². The fourth-order valence-corrected chi connectivity index (χ4v) is 1.64. The van der Waals surface area contributed by atoms with E-state index in [2.05, 4.69) is 31.2 Å². The summed E-state index contributed by atoms with van der Waals surface area (Å²) < 4.78 is 1.07. The molecular formula is C11H9BrClN3. The number of anilines is 1. The van der Waals surface area contributed by atoms with E-state index in [0.717, 1.165) is 10.3 Å². The average molecular weight is 299 g/mol. The van der Waals surface area contributed by atoms with Crippen molar-refractivity contribution in [3.8, 4) is 0 Å². The van der Waals surface area contributed by atoms with Gasteiger partial charge in [0.2, 0.25) is 0 Å². The first kappa shape index (κ1) is 11.4. The monoisotopic (exact) mass is 297 g/mol. The Bertz CT molecular complexity index is 473. The maximum Gasteiger partial charge on any atom is 0.134 e. The van der Waals surface area contributed by atoms with E-state index in [0.29, 0.717) is 11.7 Å². The van der Waals surface area contributed by atoms with Crippen molar-refractivity contribution < 1.29 is 0 Å². The van der Waals surface area contributed by atoms with Gasteiger partial charge in [-0.25, -0.2) is 9.97 Å². The smallest absolute Gasteiger partial charge is 0.134 e. The van der Waals surface area contributed by atoms with Crippen LogP contribution in [0.1, 0.15) is 5.56 Å². The lowest BCUT2D eigenvalue weighted by Gasteiger charge is -2.05. The van der Waals surface area contributed by atoms with Crippen LogP contribution in [0.15, 0.2) is 41.1 Å². The molecule has 0 saturated heterocycles. The number of halogens is 2. The summed E-state index contributed by atoms with van der Waals surface area (Å²) in [4.78, 5) is 7.87. The summed E-state index contributed by atoms with van der Waals surface area (Å²) in [6.45, 7) is 0.709. The molecule has 0 spiro atoms. The third kappa shape index (κ3) is 3.18. The minimum atomic E-state index is 0.438. The molecule has 2 rings (SSSR count). The van der Waals surface area contributed by atoms with Crippen LogP contribution in [0.25, 0.3) is 0 Å². The first-order chi connectivity index (χ1) is 7.74. The van der Waals surface area contributed by atoms with Gasteiger partial charge >= 0.3 is 0 Å². The summed E-state index contributed by atoms with van der Waals surface area (Å²) in [5.74, 6) is 0.725. The Labute approximate surface area is 107 Å². The van der Waals surface area contributed by atoms with Crippen LogP contribution >= 0.6 is 27.5 Å². The van der Waals surface area contributed by atoms with Gasteiger partial charge in [0.25, 0.3) is 0 Å². The molecule has 2 aromatic rings. The van der Waals surface area contributed by atoms with Gasteiger partial charge < -0.3 is 5.32 Å². The van der Waals surface area contributed by atoms with Crippen LogP contribution < -0.4 is 5.32 Å². The zero-order valence-corrected chi connectivity index (χ0v) is 10.7. The van der Waals surface area contributed by atoms with Crippen molar-refractivity contribution in [1.82, 2.24) is 9.97 Å². The van der Waals surface area contributed by atoms with E-state index in [1.807, 2.05) is 24.3 Å². The number of hydrogen-bond acceptors (Lipinski definition) is 3. The minimum Gasteiger partial charge on any atom is -0.366 e. The molecule has 0 fully saturated rings. The summed E-state index contributed by atoms with van der Waals surface area (Å²) in [6.07, 6.45) is 1.44. The molecule has 0 aliphatic carbocycles. The van der Waals surface area contributed by atoms with E-state index < -0.39 is 0 Å². The van der Waals surface area contributed by atoms with Crippen LogP contribution in [-0.4, -0.2) is 9.97 Å². The van der Waals surface area contributed by atoms with Crippen LogP contribution in [0.5, 0.6) is 0 Å². The fraction of sp³-hybridized carbons (Fsp3) is 0.0909. The van der Waals surface area contributed by atoms with Crippen molar-refractivity contribution >= 4 is 33.3 Å². The number of nitrogens with zero attached hydrogens (tertiary/aromatic N) is 2. The Morgan fingerprint density at radius 2 is 1.94 bits per heavy atom. The van der Waals surface area contributed by atoms with Crippen molar-refractivity contribution in [3.05, 3.63) is 51.8 Å². The molecule has 1 aromatic carbocycles. The highest BCUT2D eigenvalue weighted by atomic mass is 79.9. The lowest BCUT2D eigenvalue weighted by Crippen LogP contribution is -2.01. The molecule has 0 radical (unpaired) electrons. The predicted molar refractivity (Wildman–Crippen MR) is 68.5 cm³/mol. The maximum absolute atomic E-state index is 5.75. The molecule has 0 bridgehead atoms. The van der Waals surface area contributed by atoms with Gasteiger partial charge in [0.1, 0.15) is 17.3 Å². The predicted octanol–water partition coefficient (Wildman–Crippen LogP) is 3.50. The molecule has 0 amide bonds. The average Bonchev–Trinajstić information content (AvgIpc) is 2.28. The quantitative estimate of drug-likeness (QED) is 0.881. The first-order valence-electron chi connectivity index (χ1n) is 4.70. The van der Waals surface area contributed by atoms with Crippen molar-refractivity contribution in [2.75, 3.05) is 5.32 Å². The standard InChI is InChI=1S/C11H9BrClN3/c12-9-3-1-8(2-4-9)6-14-11-5-10(13)15-7-16-11/h1-5,7H,6H2,(H,14,15,16). The second kappa shape index (κ2) is 5.27. The van der Waals surface area contributed by atoms with Crippen LogP contribution in [0, 0.1) is 0 Å². The SMILES string of the molecule is Clc1cc(NCc2ccc(Br)cc2)ncn1. The Balaban J connectivity index is 1.99. The maximum atomic E-state index is 5.75. The molecule has 1 aromatic heterocycles. The molecule has 0 atom stereocenters. The van der Waals surface area contributed by atoms with Gasteiger partial charge in [-0.3, -0.25) is 0 Å². The fourth-order valence-electron chi connectivity index (χ4n) is 1.23. The molecule has 0 aliphatic rings. The van der Waals surface area contributed by atoms with E-state index in [-0.39, 0.29) is 0 Å². The van der Waals surface area contributed by atoms with E-state index >= 15 is 0 Å². The second-order valence-corrected chi connectivity index (χ2v) is 4.51. The van der Waals surface area contributed by atoms with Crippen LogP contribution in [-0.2, 0) is 6.54 Å². The van der Waals surface area contributed by atoms with Crippen LogP contribution in [0.4, 0.5) is 5.82 Å². The molecule has 82 valence electrons. The van der Waals surface area contributed by atoms with Gasteiger partial charge in [-0.15, -0.1) is 0 Å².